The first-order valence-electron chi connectivity index (χ1n) is 9.21. The molecule has 0 aliphatic heterocycles. The molecule has 0 fully saturated rings. The smallest absolute Gasteiger partial charge is 0.0131 e. The topological polar surface area (TPSA) is 0 Å². The van der Waals surface area contributed by atoms with E-state index >= 15 is 0 Å². The van der Waals surface area contributed by atoms with Gasteiger partial charge in [-0.2, -0.15) is 0 Å². The largest absolute Gasteiger partial charge is 0.0776 e. The average Bonchev–Trinajstić information content (AvgIpc) is 3.23. The maximum absolute atomic E-state index is 2.33. The highest BCUT2D eigenvalue weighted by atomic mass is 31.1. The standard InChI is InChI=1S/C25H23P/c1-4-14-22(15-5-1)25(20-21-12-10-11-13-21)26(23-16-6-2-7-17-23)24-18-8-3-9-19-24/h1-19,21,25H,20H2/t25-/m0/s1. The molecule has 0 saturated heterocycles. The van der Waals surface area contributed by atoms with Gasteiger partial charge in [0.2, 0.25) is 0 Å². The lowest BCUT2D eigenvalue weighted by atomic mass is 10.0. The summed E-state index contributed by atoms with van der Waals surface area (Å²) in [6, 6.07) is 33.2. The lowest BCUT2D eigenvalue weighted by Gasteiger charge is -2.30. The lowest BCUT2D eigenvalue weighted by Crippen LogP contribution is -2.18. The molecule has 0 unspecified atom stereocenters. The van der Waals surface area contributed by atoms with Gasteiger partial charge in [-0.25, -0.2) is 0 Å². The predicted octanol–water partition coefficient (Wildman–Crippen LogP) is 5.99. The SMILES string of the molecule is C1=CC(C[C@@H](c2ccccc2)P(c2ccccc2)c2ccccc2)C=C1. The van der Waals surface area contributed by atoms with E-state index in [1.54, 1.807) is 0 Å². The second-order valence-electron chi connectivity index (χ2n) is 6.64. The molecule has 0 N–H and O–H groups in total. The molecular weight excluding hydrogens is 331 g/mol. The minimum Gasteiger partial charge on any atom is -0.0776 e. The molecule has 0 aromatic heterocycles. The van der Waals surface area contributed by atoms with Gasteiger partial charge in [0.15, 0.2) is 0 Å². The summed E-state index contributed by atoms with van der Waals surface area (Å²) in [4.78, 5) is 0. The molecular formula is C25H23P. The van der Waals surface area contributed by atoms with Gasteiger partial charge in [0.1, 0.15) is 0 Å². The maximum atomic E-state index is 2.33. The van der Waals surface area contributed by atoms with Crippen LogP contribution >= 0.6 is 7.92 Å². The Balaban J connectivity index is 1.80. The van der Waals surface area contributed by atoms with Crippen LogP contribution in [0.4, 0.5) is 0 Å². The Morgan fingerprint density at radius 2 is 1.08 bits per heavy atom. The van der Waals surface area contributed by atoms with Crippen molar-refractivity contribution in [3.8, 4) is 0 Å². The van der Waals surface area contributed by atoms with E-state index in [1.165, 1.54) is 16.2 Å². The van der Waals surface area contributed by atoms with Crippen LogP contribution in [0.3, 0.4) is 0 Å². The molecule has 1 aliphatic carbocycles. The summed E-state index contributed by atoms with van der Waals surface area (Å²) in [5, 5.41) is 2.90. The van der Waals surface area contributed by atoms with Crippen LogP contribution in [0, 0.1) is 5.92 Å². The summed E-state index contributed by atoms with van der Waals surface area (Å²) in [6.07, 6.45) is 10.2. The van der Waals surface area contributed by atoms with Gasteiger partial charge < -0.3 is 0 Å². The van der Waals surface area contributed by atoms with Crippen LogP contribution in [0.2, 0.25) is 0 Å². The quantitative estimate of drug-likeness (QED) is 0.477. The van der Waals surface area contributed by atoms with Crippen LogP contribution in [0.15, 0.2) is 115 Å². The molecule has 1 heteroatoms. The van der Waals surface area contributed by atoms with Gasteiger partial charge >= 0.3 is 0 Å². The summed E-state index contributed by atoms with van der Waals surface area (Å²) in [7, 11) is -0.475. The maximum Gasteiger partial charge on any atom is 0.0131 e. The zero-order chi connectivity index (χ0) is 17.6. The zero-order valence-corrected chi connectivity index (χ0v) is 15.7. The minimum atomic E-state index is -0.475. The van der Waals surface area contributed by atoms with Gasteiger partial charge in [-0.3, -0.25) is 0 Å². The first-order chi connectivity index (χ1) is 12.9. The molecule has 4 rings (SSSR count). The average molecular weight is 354 g/mol. The fourth-order valence-electron chi connectivity index (χ4n) is 3.64. The van der Waals surface area contributed by atoms with Crippen molar-refractivity contribution in [3.05, 3.63) is 121 Å². The Kier molecular flexibility index (Phi) is 5.43. The predicted molar refractivity (Wildman–Crippen MR) is 115 cm³/mol. The number of rotatable bonds is 6. The van der Waals surface area contributed by atoms with Crippen molar-refractivity contribution in [2.24, 2.45) is 5.92 Å². The van der Waals surface area contributed by atoms with E-state index < -0.39 is 7.92 Å². The van der Waals surface area contributed by atoms with Gasteiger partial charge in [0, 0.05) is 5.66 Å². The monoisotopic (exact) mass is 354 g/mol. The molecule has 0 bridgehead atoms. The normalized spacial score (nSPS) is 14.8. The third-order valence-corrected chi connectivity index (χ3v) is 7.73. The van der Waals surface area contributed by atoms with E-state index in [4.69, 9.17) is 0 Å². The molecule has 3 aromatic rings. The highest BCUT2D eigenvalue weighted by molar-refractivity contribution is 7.73. The summed E-state index contributed by atoms with van der Waals surface area (Å²) in [6.45, 7) is 0. The molecule has 0 heterocycles. The highest BCUT2D eigenvalue weighted by Crippen LogP contribution is 2.53. The molecule has 128 valence electrons. The van der Waals surface area contributed by atoms with Crippen LogP contribution < -0.4 is 10.6 Å². The van der Waals surface area contributed by atoms with E-state index in [0.717, 1.165) is 6.42 Å². The van der Waals surface area contributed by atoms with E-state index in [1.807, 2.05) is 0 Å². The molecule has 0 nitrogen and oxygen atoms in total. The number of allylic oxidation sites excluding steroid dienone is 4. The summed E-state index contributed by atoms with van der Waals surface area (Å²) in [5.74, 6) is 0.526. The van der Waals surface area contributed by atoms with Crippen molar-refractivity contribution in [1.29, 1.82) is 0 Å². The fraction of sp³-hybridized carbons (Fsp3) is 0.120. The van der Waals surface area contributed by atoms with Crippen molar-refractivity contribution in [3.63, 3.8) is 0 Å². The minimum absolute atomic E-state index is 0.475. The number of hydrogen-bond acceptors (Lipinski definition) is 0. The first kappa shape index (κ1) is 17.0. The van der Waals surface area contributed by atoms with Crippen molar-refractivity contribution in [2.75, 3.05) is 0 Å². The van der Waals surface area contributed by atoms with Crippen LogP contribution in [-0.2, 0) is 0 Å². The second kappa shape index (κ2) is 8.30. The highest BCUT2D eigenvalue weighted by Gasteiger charge is 2.27. The van der Waals surface area contributed by atoms with Crippen molar-refractivity contribution in [1.82, 2.24) is 0 Å². The summed E-state index contributed by atoms with van der Waals surface area (Å²) in [5.41, 5.74) is 1.94. The third-order valence-electron chi connectivity index (χ3n) is 4.89. The van der Waals surface area contributed by atoms with Crippen LogP contribution in [0.1, 0.15) is 17.6 Å². The molecule has 0 spiro atoms. The van der Waals surface area contributed by atoms with Gasteiger partial charge in [-0.05, 0) is 36.4 Å². The summed E-state index contributed by atoms with van der Waals surface area (Å²) >= 11 is 0. The van der Waals surface area contributed by atoms with Gasteiger partial charge in [0.25, 0.3) is 0 Å². The molecule has 0 radical (unpaired) electrons. The van der Waals surface area contributed by atoms with Crippen molar-refractivity contribution in [2.45, 2.75) is 12.1 Å². The number of benzene rings is 3. The Bertz CT molecular complexity index is 814. The molecule has 1 atom stereocenters. The number of hydrogen-bond donors (Lipinski definition) is 0. The Hall–Kier alpha value is -2.43. The Labute approximate surface area is 157 Å². The molecule has 0 saturated carbocycles. The molecule has 1 aliphatic rings. The van der Waals surface area contributed by atoms with E-state index in [9.17, 15) is 0 Å². The van der Waals surface area contributed by atoms with Crippen LogP contribution in [0.5, 0.6) is 0 Å². The zero-order valence-electron chi connectivity index (χ0n) is 14.8. The van der Waals surface area contributed by atoms with E-state index in [0.29, 0.717) is 11.6 Å². The first-order valence-corrected chi connectivity index (χ1v) is 10.6. The lowest BCUT2D eigenvalue weighted by molar-refractivity contribution is 0.699. The van der Waals surface area contributed by atoms with Crippen LogP contribution in [0.25, 0.3) is 0 Å². The fourth-order valence-corrected chi connectivity index (χ4v) is 6.57. The van der Waals surface area contributed by atoms with Gasteiger partial charge in [0.05, 0.1) is 0 Å². The van der Waals surface area contributed by atoms with Crippen LogP contribution in [-0.4, -0.2) is 0 Å². The molecule has 3 aromatic carbocycles. The molecule has 0 amide bonds. The van der Waals surface area contributed by atoms with E-state index in [2.05, 4.69) is 115 Å². The summed E-state index contributed by atoms with van der Waals surface area (Å²) < 4.78 is 0. The van der Waals surface area contributed by atoms with E-state index in [-0.39, 0.29) is 0 Å². The van der Waals surface area contributed by atoms with Gasteiger partial charge in [-0.15, -0.1) is 0 Å². The molecule has 26 heavy (non-hydrogen) atoms. The van der Waals surface area contributed by atoms with Crippen molar-refractivity contribution < 1.29 is 0 Å². The Morgan fingerprint density at radius 3 is 1.58 bits per heavy atom. The second-order valence-corrected chi connectivity index (χ2v) is 9.03. The van der Waals surface area contributed by atoms with Gasteiger partial charge in [-0.1, -0.05) is 115 Å². The Morgan fingerprint density at radius 1 is 0.615 bits per heavy atom. The third kappa shape index (κ3) is 3.87. The van der Waals surface area contributed by atoms with Crippen molar-refractivity contribution >= 4 is 18.5 Å².